The van der Waals surface area contributed by atoms with Gasteiger partial charge in [-0.2, -0.15) is 0 Å². The number of anilines is 2. The highest BCUT2D eigenvalue weighted by molar-refractivity contribution is 7.93. The average Bonchev–Trinajstić information content (AvgIpc) is 3.03. The highest BCUT2D eigenvalue weighted by Gasteiger charge is 2.30. The summed E-state index contributed by atoms with van der Waals surface area (Å²) in [5.74, 6) is 0.530. The molecule has 0 radical (unpaired) electrons. The fraction of sp³-hybridized carbons (Fsp3) is 0.350. The number of carbonyl (C=O) groups excluding carboxylic acids is 1. The molecule has 0 saturated carbocycles. The van der Waals surface area contributed by atoms with E-state index in [1.54, 1.807) is 42.5 Å². The van der Waals surface area contributed by atoms with Crippen molar-refractivity contribution in [3.05, 3.63) is 53.1 Å². The SMILES string of the molecule is CCCCOc1ccc(C(=O)Nc2ccc(Cl)c(N3CCCS3(=O)=O)c2)cc1. The summed E-state index contributed by atoms with van der Waals surface area (Å²) in [4.78, 5) is 12.5. The Morgan fingerprint density at radius 1 is 1.21 bits per heavy atom. The van der Waals surface area contributed by atoms with Crippen molar-refractivity contribution in [1.82, 2.24) is 0 Å². The van der Waals surface area contributed by atoms with Gasteiger partial charge in [-0.15, -0.1) is 0 Å². The molecule has 2 aromatic rings. The van der Waals surface area contributed by atoms with Crippen molar-refractivity contribution in [3.8, 4) is 5.75 Å². The van der Waals surface area contributed by atoms with Gasteiger partial charge in [-0.3, -0.25) is 9.10 Å². The maximum atomic E-state index is 12.5. The number of carbonyl (C=O) groups is 1. The average molecular weight is 423 g/mol. The standard InChI is InChI=1S/C20H23ClN2O4S/c1-2-3-12-27-17-8-5-15(6-9-17)20(24)22-16-7-10-18(21)19(14-16)23-11-4-13-28(23,25)26/h5-10,14H,2-4,11-13H2,1H3,(H,22,24). The Balaban J connectivity index is 1.71. The van der Waals surface area contributed by atoms with E-state index in [0.29, 0.717) is 41.5 Å². The highest BCUT2D eigenvalue weighted by Crippen LogP contribution is 2.33. The van der Waals surface area contributed by atoms with E-state index in [0.717, 1.165) is 18.6 Å². The van der Waals surface area contributed by atoms with Crippen LogP contribution in [0, 0.1) is 0 Å². The number of sulfonamides is 1. The summed E-state index contributed by atoms with van der Waals surface area (Å²) in [6, 6.07) is 11.7. The zero-order valence-corrected chi connectivity index (χ0v) is 17.2. The van der Waals surface area contributed by atoms with Crippen LogP contribution in [0.4, 0.5) is 11.4 Å². The van der Waals surface area contributed by atoms with Crippen molar-refractivity contribution >= 4 is 38.9 Å². The Labute approximate surface area is 170 Å². The van der Waals surface area contributed by atoms with Crippen molar-refractivity contribution in [2.75, 3.05) is 28.5 Å². The van der Waals surface area contributed by atoms with Crippen LogP contribution in [0.2, 0.25) is 5.02 Å². The van der Waals surface area contributed by atoms with Crippen molar-refractivity contribution < 1.29 is 17.9 Å². The molecule has 0 bridgehead atoms. The summed E-state index contributed by atoms with van der Waals surface area (Å²) >= 11 is 6.19. The first-order chi connectivity index (χ1) is 13.4. The largest absolute Gasteiger partial charge is 0.494 e. The molecule has 28 heavy (non-hydrogen) atoms. The number of benzene rings is 2. The monoisotopic (exact) mass is 422 g/mol. The van der Waals surface area contributed by atoms with Gasteiger partial charge in [-0.05, 0) is 55.3 Å². The van der Waals surface area contributed by atoms with E-state index in [4.69, 9.17) is 16.3 Å². The number of hydrogen-bond acceptors (Lipinski definition) is 4. The molecule has 8 heteroatoms. The number of amides is 1. The molecular weight excluding hydrogens is 400 g/mol. The van der Waals surface area contributed by atoms with E-state index >= 15 is 0 Å². The lowest BCUT2D eigenvalue weighted by atomic mass is 10.2. The first-order valence-electron chi connectivity index (χ1n) is 9.25. The van der Waals surface area contributed by atoms with Crippen LogP contribution in [-0.4, -0.2) is 33.2 Å². The van der Waals surface area contributed by atoms with Crippen molar-refractivity contribution in [2.45, 2.75) is 26.2 Å². The fourth-order valence-electron chi connectivity index (χ4n) is 2.93. The lowest BCUT2D eigenvalue weighted by molar-refractivity contribution is 0.102. The first kappa shape index (κ1) is 20.5. The van der Waals surface area contributed by atoms with Gasteiger partial charge in [0, 0.05) is 17.8 Å². The molecule has 3 rings (SSSR count). The van der Waals surface area contributed by atoms with Gasteiger partial charge in [0.25, 0.3) is 5.91 Å². The summed E-state index contributed by atoms with van der Waals surface area (Å²) in [6.45, 7) is 3.13. The summed E-state index contributed by atoms with van der Waals surface area (Å²) in [5, 5.41) is 3.12. The maximum absolute atomic E-state index is 12.5. The zero-order valence-electron chi connectivity index (χ0n) is 15.7. The molecule has 0 atom stereocenters. The number of rotatable bonds is 7. The third-order valence-corrected chi connectivity index (χ3v) is 6.63. The minimum Gasteiger partial charge on any atom is -0.494 e. The van der Waals surface area contributed by atoms with Crippen LogP contribution in [0.1, 0.15) is 36.5 Å². The molecule has 1 heterocycles. The Morgan fingerprint density at radius 3 is 2.61 bits per heavy atom. The minimum absolute atomic E-state index is 0.104. The second kappa shape index (κ2) is 8.84. The van der Waals surface area contributed by atoms with Gasteiger partial charge in [-0.1, -0.05) is 24.9 Å². The predicted octanol–water partition coefficient (Wildman–Crippen LogP) is 4.31. The molecule has 1 amide bonds. The number of unbranched alkanes of at least 4 members (excludes halogenated alkanes) is 1. The number of nitrogens with one attached hydrogen (secondary N) is 1. The molecule has 2 aromatic carbocycles. The molecule has 1 aliphatic rings. The second-order valence-corrected chi connectivity index (χ2v) is 9.01. The van der Waals surface area contributed by atoms with Crippen molar-refractivity contribution in [1.29, 1.82) is 0 Å². The predicted molar refractivity (Wildman–Crippen MR) is 112 cm³/mol. The molecule has 0 aliphatic carbocycles. The van der Waals surface area contributed by atoms with Crippen LogP contribution in [0.5, 0.6) is 5.75 Å². The highest BCUT2D eigenvalue weighted by atomic mass is 35.5. The maximum Gasteiger partial charge on any atom is 0.255 e. The Hall–Kier alpha value is -2.25. The zero-order chi connectivity index (χ0) is 20.1. The molecule has 1 aliphatic heterocycles. The van der Waals surface area contributed by atoms with Crippen molar-refractivity contribution in [2.24, 2.45) is 0 Å². The van der Waals surface area contributed by atoms with Gasteiger partial charge in [-0.25, -0.2) is 8.42 Å². The Bertz CT molecular complexity index is 945. The molecule has 0 aromatic heterocycles. The molecular formula is C20H23ClN2O4S. The summed E-state index contributed by atoms with van der Waals surface area (Å²) in [5.41, 5.74) is 1.35. The van der Waals surface area contributed by atoms with Crippen LogP contribution in [0.15, 0.2) is 42.5 Å². The van der Waals surface area contributed by atoms with Crippen LogP contribution in [0.3, 0.4) is 0 Å². The third kappa shape index (κ3) is 4.77. The van der Waals surface area contributed by atoms with E-state index < -0.39 is 10.0 Å². The molecule has 1 N–H and O–H groups in total. The van der Waals surface area contributed by atoms with Gasteiger partial charge in [0.2, 0.25) is 10.0 Å². The topological polar surface area (TPSA) is 75.7 Å². The Kier molecular flexibility index (Phi) is 6.46. The van der Waals surface area contributed by atoms with E-state index in [9.17, 15) is 13.2 Å². The van der Waals surface area contributed by atoms with E-state index in [1.165, 1.54) is 4.31 Å². The first-order valence-corrected chi connectivity index (χ1v) is 11.2. The van der Waals surface area contributed by atoms with E-state index in [1.807, 2.05) is 0 Å². The molecule has 150 valence electrons. The van der Waals surface area contributed by atoms with Gasteiger partial charge in [0.05, 0.1) is 23.1 Å². The van der Waals surface area contributed by atoms with Gasteiger partial charge in [0.15, 0.2) is 0 Å². The van der Waals surface area contributed by atoms with Crippen LogP contribution >= 0.6 is 11.6 Å². The van der Waals surface area contributed by atoms with Crippen molar-refractivity contribution in [3.63, 3.8) is 0 Å². The van der Waals surface area contributed by atoms with Crippen LogP contribution in [0.25, 0.3) is 0 Å². The molecule has 6 nitrogen and oxygen atoms in total. The Morgan fingerprint density at radius 2 is 1.96 bits per heavy atom. The number of ether oxygens (including phenoxy) is 1. The third-order valence-electron chi connectivity index (χ3n) is 4.46. The summed E-state index contributed by atoms with van der Waals surface area (Å²) < 4.78 is 31.2. The number of halogens is 1. The normalized spacial score (nSPS) is 15.4. The van der Waals surface area contributed by atoms with Gasteiger partial charge >= 0.3 is 0 Å². The smallest absolute Gasteiger partial charge is 0.255 e. The molecule has 0 spiro atoms. The van der Waals surface area contributed by atoms with E-state index in [2.05, 4.69) is 12.2 Å². The molecule has 1 fully saturated rings. The lowest BCUT2D eigenvalue weighted by Gasteiger charge is -2.19. The second-order valence-electron chi connectivity index (χ2n) is 6.59. The fourth-order valence-corrected chi connectivity index (χ4v) is 4.77. The lowest BCUT2D eigenvalue weighted by Crippen LogP contribution is -2.25. The molecule has 0 unspecified atom stereocenters. The summed E-state index contributed by atoms with van der Waals surface area (Å²) in [7, 11) is -3.35. The minimum atomic E-state index is -3.35. The van der Waals surface area contributed by atoms with Crippen LogP contribution < -0.4 is 14.4 Å². The molecule has 1 saturated heterocycles. The van der Waals surface area contributed by atoms with E-state index in [-0.39, 0.29) is 11.7 Å². The summed E-state index contributed by atoms with van der Waals surface area (Å²) in [6.07, 6.45) is 2.60. The van der Waals surface area contributed by atoms with Gasteiger partial charge in [0.1, 0.15) is 5.75 Å². The van der Waals surface area contributed by atoms with Crippen LogP contribution in [-0.2, 0) is 10.0 Å². The number of hydrogen-bond donors (Lipinski definition) is 1. The quantitative estimate of drug-likeness (QED) is 0.674. The number of nitrogens with zero attached hydrogens (tertiary/aromatic N) is 1. The van der Waals surface area contributed by atoms with Gasteiger partial charge < -0.3 is 10.1 Å².